The third kappa shape index (κ3) is 4.22. The first-order valence-corrected chi connectivity index (χ1v) is 10.5. The Morgan fingerprint density at radius 2 is 1.97 bits per heavy atom. The normalized spacial score (nSPS) is 11.0. The van der Waals surface area contributed by atoms with Crippen molar-refractivity contribution in [2.75, 3.05) is 19.5 Å². The molecule has 2 aromatic heterocycles. The lowest BCUT2D eigenvalue weighted by molar-refractivity contribution is 0.147. The van der Waals surface area contributed by atoms with Crippen LogP contribution in [0.4, 0.5) is 19.0 Å². The van der Waals surface area contributed by atoms with Gasteiger partial charge in [-0.3, -0.25) is 0 Å². The highest BCUT2D eigenvalue weighted by molar-refractivity contribution is 9.10. The fourth-order valence-electron chi connectivity index (χ4n) is 3.40. The van der Waals surface area contributed by atoms with E-state index in [1.807, 2.05) is 0 Å². The van der Waals surface area contributed by atoms with Crippen LogP contribution in [0, 0.1) is 17.1 Å². The van der Waals surface area contributed by atoms with Gasteiger partial charge < -0.3 is 14.8 Å². The van der Waals surface area contributed by atoms with E-state index in [9.17, 15) is 18.4 Å². The maximum atomic E-state index is 14.1. The van der Waals surface area contributed by atoms with Crippen LogP contribution in [0.15, 0.2) is 41.1 Å². The summed E-state index contributed by atoms with van der Waals surface area (Å²) in [5.74, 6) is 0.518. The fourth-order valence-corrected chi connectivity index (χ4v) is 3.85. The van der Waals surface area contributed by atoms with Gasteiger partial charge in [0, 0.05) is 18.2 Å². The van der Waals surface area contributed by atoms with Crippen LogP contribution in [0.3, 0.4) is 0 Å². The van der Waals surface area contributed by atoms with E-state index in [1.54, 1.807) is 24.3 Å². The number of alkyl halides is 2. The minimum atomic E-state index is -2.94. The van der Waals surface area contributed by atoms with Gasteiger partial charge in [-0.1, -0.05) is 0 Å². The smallest absolute Gasteiger partial charge is 0.282 e. The lowest BCUT2D eigenvalue weighted by atomic mass is 10.2. The predicted octanol–water partition coefficient (Wildman–Crippen LogP) is 5.16. The van der Waals surface area contributed by atoms with Gasteiger partial charge in [0.2, 0.25) is 0 Å². The molecule has 0 amide bonds. The van der Waals surface area contributed by atoms with Crippen LogP contribution in [0.1, 0.15) is 23.2 Å². The second kappa shape index (κ2) is 9.56. The first-order chi connectivity index (χ1) is 16.4. The Kier molecular flexibility index (Phi) is 6.56. The number of nitrogens with one attached hydrogen (secondary N) is 1. The van der Waals surface area contributed by atoms with Crippen molar-refractivity contribution in [2.45, 2.75) is 13.0 Å². The van der Waals surface area contributed by atoms with Gasteiger partial charge in [0.15, 0.2) is 11.5 Å². The summed E-state index contributed by atoms with van der Waals surface area (Å²) in [6, 6.07) is 9.50. The number of ether oxygens (including phenoxy) is 2. The molecule has 0 spiro atoms. The number of hydrogen-bond acceptors (Lipinski definition) is 7. The largest absolute Gasteiger partial charge is 0.497 e. The summed E-state index contributed by atoms with van der Waals surface area (Å²) in [6.45, 7) is 0.202. The number of benzene rings is 2. The molecular weight excluding hydrogens is 517 g/mol. The average Bonchev–Trinajstić information content (AvgIpc) is 3.25. The predicted molar refractivity (Wildman–Crippen MR) is 121 cm³/mol. The quantitative estimate of drug-likeness (QED) is 0.351. The van der Waals surface area contributed by atoms with E-state index in [0.717, 1.165) is 10.2 Å². The zero-order chi connectivity index (χ0) is 24.4. The van der Waals surface area contributed by atoms with Crippen molar-refractivity contribution in [3.05, 3.63) is 63.8 Å². The third-order valence-corrected chi connectivity index (χ3v) is 5.59. The van der Waals surface area contributed by atoms with E-state index in [1.165, 1.54) is 32.7 Å². The van der Waals surface area contributed by atoms with E-state index in [2.05, 4.69) is 36.3 Å². The molecule has 8 nitrogen and oxygen atoms in total. The summed E-state index contributed by atoms with van der Waals surface area (Å²) in [5.41, 5.74) is 0.159. The van der Waals surface area contributed by atoms with Crippen molar-refractivity contribution in [1.82, 2.24) is 19.7 Å². The number of nitrogens with zero attached hydrogens (tertiary/aromatic N) is 5. The van der Waals surface area contributed by atoms with E-state index >= 15 is 0 Å². The van der Waals surface area contributed by atoms with Crippen LogP contribution in [-0.2, 0) is 6.54 Å². The molecule has 0 aliphatic rings. The van der Waals surface area contributed by atoms with Crippen LogP contribution < -0.4 is 14.8 Å². The standard InChI is InChI=1S/C22H16BrF3N6O2/c1-33-14-4-3-11(16(7-14)34-2)9-28-21-17-19(20(25)26)31-32(22(17)30-10-29-21)13-5-12(8-27)18(24)15(23)6-13/h3-7,10,20H,9H2,1-2H3,(H,28,29,30). The molecule has 0 unspecified atom stereocenters. The van der Waals surface area contributed by atoms with Gasteiger partial charge in [-0.25, -0.2) is 27.8 Å². The second-order valence-corrected chi connectivity index (χ2v) is 7.81. The topological polar surface area (TPSA) is 97.9 Å². The first-order valence-electron chi connectivity index (χ1n) is 9.74. The Hall–Kier alpha value is -3.85. The SMILES string of the molecule is COc1ccc(CNc2ncnc3c2c(C(F)F)nn3-c2cc(Br)c(F)c(C#N)c2)c(OC)c1. The van der Waals surface area contributed by atoms with Crippen LogP contribution in [0.25, 0.3) is 16.7 Å². The molecule has 174 valence electrons. The van der Waals surface area contributed by atoms with E-state index in [0.29, 0.717) is 11.5 Å². The third-order valence-electron chi connectivity index (χ3n) is 5.02. The molecule has 4 rings (SSSR count). The van der Waals surface area contributed by atoms with Crippen molar-refractivity contribution in [3.8, 4) is 23.3 Å². The second-order valence-electron chi connectivity index (χ2n) is 6.95. The van der Waals surface area contributed by atoms with Crippen molar-refractivity contribution in [2.24, 2.45) is 0 Å². The molecule has 34 heavy (non-hydrogen) atoms. The monoisotopic (exact) mass is 532 g/mol. The summed E-state index contributed by atoms with van der Waals surface area (Å²) >= 11 is 3.04. The highest BCUT2D eigenvalue weighted by atomic mass is 79.9. The Labute approximate surface area is 200 Å². The van der Waals surface area contributed by atoms with Gasteiger partial charge in [-0.15, -0.1) is 0 Å². The van der Waals surface area contributed by atoms with Crippen molar-refractivity contribution >= 4 is 32.8 Å². The molecule has 0 aliphatic heterocycles. The Balaban J connectivity index is 1.80. The molecule has 0 fully saturated rings. The summed E-state index contributed by atoms with van der Waals surface area (Å²) in [7, 11) is 3.05. The fraction of sp³-hybridized carbons (Fsp3) is 0.182. The van der Waals surface area contributed by atoms with Crippen LogP contribution >= 0.6 is 15.9 Å². The molecule has 12 heteroatoms. The van der Waals surface area contributed by atoms with Gasteiger partial charge in [-0.2, -0.15) is 10.4 Å². The molecule has 1 N–H and O–H groups in total. The minimum absolute atomic E-state index is 0.00364. The number of fused-ring (bicyclic) bond motifs is 1. The molecule has 0 aliphatic carbocycles. The summed E-state index contributed by atoms with van der Waals surface area (Å²) in [5, 5.41) is 16.3. The van der Waals surface area contributed by atoms with Crippen molar-refractivity contribution < 1.29 is 22.6 Å². The number of methoxy groups -OCH3 is 2. The van der Waals surface area contributed by atoms with E-state index in [4.69, 9.17) is 9.47 Å². The number of nitriles is 1. The van der Waals surface area contributed by atoms with Crippen LogP contribution in [0.5, 0.6) is 11.5 Å². The summed E-state index contributed by atoms with van der Waals surface area (Å²) < 4.78 is 53.7. The Morgan fingerprint density at radius 1 is 1.18 bits per heavy atom. The van der Waals surface area contributed by atoms with E-state index in [-0.39, 0.29) is 39.1 Å². The summed E-state index contributed by atoms with van der Waals surface area (Å²) in [6.07, 6.45) is -1.74. The highest BCUT2D eigenvalue weighted by Crippen LogP contribution is 2.34. The van der Waals surface area contributed by atoms with Crippen molar-refractivity contribution in [3.63, 3.8) is 0 Å². The molecule has 2 aromatic carbocycles. The lowest BCUT2D eigenvalue weighted by Gasteiger charge is -2.12. The van der Waals surface area contributed by atoms with Gasteiger partial charge in [0.25, 0.3) is 6.43 Å². The molecule has 0 saturated heterocycles. The van der Waals surface area contributed by atoms with Crippen LogP contribution in [-0.4, -0.2) is 34.0 Å². The maximum absolute atomic E-state index is 14.1. The number of halogens is 4. The minimum Gasteiger partial charge on any atom is -0.497 e. The number of anilines is 1. The number of aromatic nitrogens is 4. The first kappa shape index (κ1) is 23.3. The molecule has 2 heterocycles. The molecule has 0 bridgehead atoms. The molecule has 0 atom stereocenters. The maximum Gasteiger partial charge on any atom is 0.282 e. The Bertz CT molecular complexity index is 1420. The summed E-state index contributed by atoms with van der Waals surface area (Å²) in [4.78, 5) is 8.25. The van der Waals surface area contributed by atoms with Gasteiger partial charge in [0.05, 0.1) is 35.3 Å². The van der Waals surface area contributed by atoms with Gasteiger partial charge >= 0.3 is 0 Å². The van der Waals surface area contributed by atoms with Crippen molar-refractivity contribution in [1.29, 1.82) is 5.26 Å². The molecular formula is C22H16BrF3N6O2. The molecule has 4 aromatic rings. The zero-order valence-electron chi connectivity index (χ0n) is 17.8. The molecule has 0 radical (unpaired) electrons. The van der Waals surface area contributed by atoms with E-state index < -0.39 is 17.9 Å². The average molecular weight is 533 g/mol. The van der Waals surface area contributed by atoms with Gasteiger partial charge in [-0.05, 0) is 40.2 Å². The number of hydrogen-bond donors (Lipinski definition) is 1. The zero-order valence-corrected chi connectivity index (χ0v) is 19.4. The Morgan fingerprint density at radius 3 is 2.65 bits per heavy atom. The number of rotatable bonds is 7. The lowest BCUT2D eigenvalue weighted by Crippen LogP contribution is -2.05. The van der Waals surface area contributed by atoms with Crippen LogP contribution in [0.2, 0.25) is 0 Å². The van der Waals surface area contributed by atoms with Gasteiger partial charge in [0.1, 0.15) is 35.4 Å². The highest BCUT2D eigenvalue weighted by Gasteiger charge is 2.25. The molecule has 0 saturated carbocycles.